The largest absolute Gasteiger partial charge is 0.497 e. The number of ether oxygens (including phenoxy) is 1. The highest BCUT2D eigenvalue weighted by molar-refractivity contribution is 7.92. The summed E-state index contributed by atoms with van der Waals surface area (Å²) in [6, 6.07) is 10.4. The molecule has 1 unspecified atom stereocenters. The van der Waals surface area contributed by atoms with Crippen LogP contribution in [0.25, 0.3) is 0 Å². The summed E-state index contributed by atoms with van der Waals surface area (Å²) in [6.07, 6.45) is 0. The number of nitrogens with zero attached hydrogens (tertiary/aromatic N) is 1. The van der Waals surface area contributed by atoms with Crippen LogP contribution in [-0.4, -0.2) is 32.6 Å². The molecule has 2 aromatic carbocycles. The molecule has 8 heteroatoms. The van der Waals surface area contributed by atoms with Gasteiger partial charge in [0.05, 0.1) is 17.7 Å². The molecule has 0 fully saturated rings. The Labute approximate surface area is 145 Å². The van der Waals surface area contributed by atoms with Crippen molar-refractivity contribution in [2.75, 3.05) is 11.4 Å². The second-order valence-corrected chi connectivity index (χ2v) is 7.22. The van der Waals surface area contributed by atoms with Gasteiger partial charge < -0.3 is 9.84 Å². The molecule has 0 spiro atoms. The van der Waals surface area contributed by atoms with E-state index in [1.165, 1.54) is 50.4 Å². The summed E-state index contributed by atoms with van der Waals surface area (Å²) in [5.74, 6) is -0.850. The lowest BCUT2D eigenvalue weighted by molar-refractivity contribution is -0.137. The Kier molecular flexibility index (Phi) is 5.36. The Hall–Kier alpha value is -2.25. The molecule has 0 bridgehead atoms. The monoisotopic (exact) mass is 369 g/mol. The zero-order chi connectivity index (χ0) is 17.9. The van der Waals surface area contributed by atoms with E-state index in [-0.39, 0.29) is 10.6 Å². The number of carboxylic acid groups (broad SMARTS) is 1. The van der Waals surface area contributed by atoms with Crippen LogP contribution in [0.15, 0.2) is 53.4 Å². The number of benzene rings is 2. The molecule has 0 aromatic heterocycles. The van der Waals surface area contributed by atoms with Gasteiger partial charge in [-0.2, -0.15) is 0 Å². The summed E-state index contributed by atoms with van der Waals surface area (Å²) < 4.78 is 31.9. The lowest BCUT2D eigenvalue weighted by Gasteiger charge is -2.28. The van der Waals surface area contributed by atoms with Gasteiger partial charge in [-0.05, 0) is 43.3 Å². The maximum atomic E-state index is 13.0. The Morgan fingerprint density at radius 2 is 1.83 bits per heavy atom. The zero-order valence-electron chi connectivity index (χ0n) is 13.0. The van der Waals surface area contributed by atoms with Gasteiger partial charge in [0.25, 0.3) is 10.0 Å². The summed E-state index contributed by atoms with van der Waals surface area (Å²) in [6.45, 7) is 1.30. The van der Waals surface area contributed by atoms with Crippen molar-refractivity contribution in [1.82, 2.24) is 0 Å². The fourth-order valence-electron chi connectivity index (χ4n) is 2.14. The van der Waals surface area contributed by atoms with E-state index in [9.17, 15) is 18.3 Å². The first-order chi connectivity index (χ1) is 11.3. The highest BCUT2D eigenvalue weighted by atomic mass is 35.5. The van der Waals surface area contributed by atoms with E-state index in [1.807, 2.05) is 0 Å². The number of anilines is 1. The first kappa shape index (κ1) is 18.1. The van der Waals surface area contributed by atoms with Crippen molar-refractivity contribution in [3.63, 3.8) is 0 Å². The zero-order valence-corrected chi connectivity index (χ0v) is 14.6. The molecule has 128 valence electrons. The van der Waals surface area contributed by atoms with Crippen LogP contribution in [0, 0.1) is 0 Å². The first-order valence-corrected chi connectivity index (χ1v) is 8.76. The minimum absolute atomic E-state index is 0.0529. The second-order valence-electron chi connectivity index (χ2n) is 4.97. The minimum Gasteiger partial charge on any atom is -0.497 e. The van der Waals surface area contributed by atoms with Gasteiger partial charge in [-0.15, -0.1) is 0 Å². The van der Waals surface area contributed by atoms with Gasteiger partial charge in [-0.25, -0.2) is 13.2 Å². The average molecular weight is 370 g/mol. The Morgan fingerprint density at radius 1 is 1.21 bits per heavy atom. The van der Waals surface area contributed by atoms with Crippen molar-refractivity contribution in [3.05, 3.63) is 53.6 Å². The number of hydrogen-bond donors (Lipinski definition) is 1. The van der Waals surface area contributed by atoms with E-state index in [4.69, 9.17) is 16.3 Å². The van der Waals surface area contributed by atoms with Gasteiger partial charge in [0, 0.05) is 11.1 Å². The number of sulfonamides is 1. The molecular weight excluding hydrogens is 354 g/mol. The molecule has 24 heavy (non-hydrogen) atoms. The number of methoxy groups -OCH3 is 1. The molecule has 0 saturated carbocycles. The van der Waals surface area contributed by atoms with E-state index in [1.54, 1.807) is 12.1 Å². The lowest BCUT2D eigenvalue weighted by Crippen LogP contribution is -2.43. The van der Waals surface area contributed by atoms with Gasteiger partial charge >= 0.3 is 5.97 Å². The number of aliphatic carboxylic acids is 1. The highest BCUT2D eigenvalue weighted by Gasteiger charge is 2.33. The molecule has 0 aliphatic heterocycles. The molecule has 0 amide bonds. The molecule has 2 rings (SSSR count). The van der Waals surface area contributed by atoms with Crippen molar-refractivity contribution in [2.45, 2.75) is 17.9 Å². The van der Waals surface area contributed by atoms with Crippen LogP contribution in [0.3, 0.4) is 0 Å². The maximum Gasteiger partial charge on any atom is 0.327 e. The van der Waals surface area contributed by atoms with Gasteiger partial charge in [0.2, 0.25) is 0 Å². The minimum atomic E-state index is -4.10. The van der Waals surface area contributed by atoms with Crippen LogP contribution in [0.5, 0.6) is 5.75 Å². The number of carbonyl (C=O) groups is 1. The van der Waals surface area contributed by atoms with Crippen molar-refractivity contribution in [3.8, 4) is 5.75 Å². The summed E-state index contributed by atoms with van der Waals surface area (Å²) in [5, 5.41) is 9.72. The number of carboxylic acids is 1. The van der Waals surface area contributed by atoms with Crippen molar-refractivity contribution >= 4 is 33.3 Å². The van der Waals surface area contributed by atoms with Crippen LogP contribution in [-0.2, 0) is 14.8 Å². The molecular formula is C16H16ClNO5S. The topological polar surface area (TPSA) is 83.9 Å². The number of halogens is 1. The normalized spacial score (nSPS) is 12.5. The SMILES string of the molecule is COc1cccc(N(C(C)C(=O)O)S(=O)(=O)c2ccc(Cl)cc2)c1. The first-order valence-electron chi connectivity index (χ1n) is 6.94. The van der Waals surface area contributed by atoms with E-state index < -0.39 is 22.0 Å². The lowest BCUT2D eigenvalue weighted by atomic mass is 10.2. The third kappa shape index (κ3) is 3.63. The third-order valence-corrected chi connectivity index (χ3v) is 5.55. The van der Waals surface area contributed by atoms with E-state index in [0.717, 1.165) is 4.31 Å². The summed E-state index contributed by atoms with van der Waals surface area (Å²) >= 11 is 5.79. The smallest absolute Gasteiger partial charge is 0.327 e. The van der Waals surface area contributed by atoms with Gasteiger partial charge in [0.15, 0.2) is 0 Å². The molecule has 0 radical (unpaired) electrons. The van der Waals surface area contributed by atoms with Crippen molar-refractivity contribution in [2.24, 2.45) is 0 Å². The molecule has 6 nitrogen and oxygen atoms in total. The Bertz CT molecular complexity index is 836. The molecule has 0 heterocycles. The van der Waals surface area contributed by atoms with Crippen molar-refractivity contribution in [1.29, 1.82) is 0 Å². The van der Waals surface area contributed by atoms with Crippen LogP contribution in [0.4, 0.5) is 5.69 Å². The van der Waals surface area contributed by atoms with Crippen LogP contribution in [0.1, 0.15) is 6.92 Å². The fourth-order valence-corrected chi connectivity index (χ4v) is 3.87. The standard InChI is InChI=1S/C16H16ClNO5S/c1-11(16(19)20)18(13-4-3-5-14(10-13)23-2)24(21,22)15-8-6-12(17)7-9-15/h3-11H,1-2H3,(H,19,20). The molecule has 2 aromatic rings. The highest BCUT2D eigenvalue weighted by Crippen LogP contribution is 2.29. The molecule has 0 saturated heterocycles. The number of hydrogen-bond acceptors (Lipinski definition) is 4. The fraction of sp³-hybridized carbons (Fsp3) is 0.188. The quantitative estimate of drug-likeness (QED) is 0.846. The van der Waals surface area contributed by atoms with Gasteiger partial charge in [0.1, 0.15) is 11.8 Å². The predicted molar refractivity (Wildman–Crippen MR) is 91.2 cm³/mol. The van der Waals surface area contributed by atoms with E-state index >= 15 is 0 Å². The van der Waals surface area contributed by atoms with Gasteiger partial charge in [-0.3, -0.25) is 4.31 Å². The van der Waals surface area contributed by atoms with Crippen LogP contribution < -0.4 is 9.04 Å². The van der Waals surface area contributed by atoms with Crippen molar-refractivity contribution < 1.29 is 23.1 Å². The summed E-state index contributed by atoms with van der Waals surface area (Å²) in [5.41, 5.74) is 0.194. The van der Waals surface area contributed by atoms with Crippen LogP contribution >= 0.6 is 11.6 Å². The van der Waals surface area contributed by atoms with E-state index in [0.29, 0.717) is 10.8 Å². The molecule has 0 aliphatic carbocycles. The average Bonchev–Trinajstić information content (AvgIpc) is 2.55. The Morgan fingerprint density at radius 3 is 2.38 bits per heavy atom. The summed E-state index contributed by atoms with van der Waals surface area (Å²) in [7, 11) is -2.66. The van der Waals surface area contributed by atoms with Crippen LogP contribution in [0.2, 0.25) is 5.02 Å². The maximum absolute atomic E-state index is 13.0. The Balaban J connectivity index is 2.61. The summed E-state index contributed by atoms with van der Waals surface area (Å²) in [4.78, 5) is 11.4. The molecule has 1 N–H and O–H groups in total. The second kappa shape index (κ2) is 7.11. The molecule has 0 aliphatic rings. The number of rotatable bonds is 6. The van der Waals surface area contributed by atoms with Gasteiger partial charge in [-0.1, -0.05) is 17.7 Å². The third-order valence-electron chi connectivity index (χ3n) is 3.39. The van der Waals surface area contributed by atoms with E-state index in [2.05, 4.69) is 0 Å². The predicted octanol–water partition coefficient (Wildman–Crippen LogP) is 3.02. The molecule has 1 atom stereocenters.